The van der Waals surface area contributed by atoms with Gasteiger partial charge in [-0.1, -0.05) is 213 Å². The van der Waals surface area contributed by atoms with Gasteiger partial charge >= 0.3 is 0 Å². The van der Waals surface area contributed by atoms with Crippen molar-refractivity contribution in [2.45, 2.75) is 13.8 Å². The first-order valence-corrected chi connectivity index (χ1v) is 23.9. The van der Waals surface area contributed by atoms with Gasteiger partial charge in [-0.2, -0.15) is 0 Å². The van der Waals surface area contributed by atoms with Crippen LogP contribution in [0.4, 0.5) is 11.4 Å². The van der Waals surface area contributed by atoms with Gasteiger partial charge in [0.1, 0.15) is 0 Å². The summed E-state index contributed by atoms with van der Waals surface area (Å²) in [4.78, 5) is 2.23. The zero-order valence-corrected chi connectivity index (χ0v) is 39.7. The lowest BCUT2D eigenvalue weighted by Crippen LogP contribution is -2.14. The van der Waals surface area contributed by atoms with Crippen LogP contribution < -0.4 is 4.90 Å². The van der Waals surface area contributed by atoms with Crippen molar-refractivity contribution in [2.75, 3.05) is 4.90 Å². The highest BCUT2D eigenvalue weighted by molar-refractivity contribution is 6.16. The Hall–Kier alpha value is -8.98. The lowest BCUT2D eigenvalue weighted by Gasteiger charge is -2.26. The summed E-state index contributed by atoms with van der Waals surface area (Å²) in [5.74, 6) is 0. The summed E-state index contributed by atoms with van der Waals surface area (Å²) in [6.45, 7) is 13.3. The predicted molar refractivity (Wildman–Crippen MR) is 302 cm³/mol. The van der Waals surface area contributed by atoms with Crippen molar-refractivity contribution in [3.8, 4) is 50.2 Å². The van der Waals surface area contributed by atoms with Gasteiger partial charge in [0.05, 0.1) is 11.0 Å². The molecule has 70 heavy (non-hydrogen) atoms. The molecule has 0 N–H and O–H groups in total. The maximum atomic E-state index is 4.62. The monoisotopic (exact) mass is 898 g/mol. The molecule has 10 rings (SSSR count). The minimum Gasteiger partial charge on any atom is -0.311 e. The minimum absolute atomic E-state index is 0.860. The number of rotatable bonds is 14. The van der Waals surface area contributed by atoms with Crippen molar-refractivity contribution in [3.63, 3.8) is 0 Å². The average molecular weight is 899 g/mol. The molecule has 0 amide bonds. The lowest BCUT2D eigenvalue weighted by molar-refractivity contribution is 1.18. The summed E-state index contributed by atoms with van der Waals surface area (Å²) in [5, 5.41) is 2.38. The fraction of sp³-hybridized carbons (Fsp3) is 0.0294. The molecule has 0 aliphatic carbocycles. The molecule has 0 radical (unpaired) electrons. The molecular weight excluding hydrogens is 845 g/mol. The Morgan fingerprint density at radius 2 is 0.929 bits per heavy atom. The lowest BCUT2D eigenvalue weighted by atomic mass is 9.95. The van der Waals surface area contributed by atoms with Crippen LogP contribution in [0.3, 0.4) is 0 Å². The van der Waals surface area contributed by atoms with E-state index in [0.29, 0.717) is 0 Å². The molecule has 0 unspecified atom stereocenters. The van der Waals surface area contributed by atoms with Crippen LogP contribution in [0.1, 0.15) is 25.0 Å². The number of allylic oxidation sites excluding steroid dienone is 9. The SMILES string of the molecule is C=C(/C=C\C=C/C)c1cc(-c2ccccc2)c2c(c1)c1cc(-c3ccccc3)ccc1n2-c1ccc(-c2ccc(N(C(=C)/C=C\C(=C/C)c3ccccc3)c3ccc(-c4ccccc4)cc3)cc2)cc1. The number of hydrogen-bond acceptors (Lipinski definition) is 1. The summed E-state index contributed by atoms with van der Waals surface area (Å²) >= 11 is 0. The van der Waals surface area contributed by atoms with Crippen molar-refractivity contribution in [3.05, 3.63) is 297 Å². The van der Waals surface area contributed by atoms with Crippen LogP contribution in [0.15, 0.2) is 286 Å². The average Bonchev–Trinajstić information content (AvgIpc) is 3.76. The Labute approximate surface area is 412 Å². The van der Waals surface area contributed by atoms with Gasteiger partial charge < -0.3 is 9.47 Å². The van der Waals surface area contributed by atoms with E-state index < -0.39 is 0 Å². The highest BCUT2D eigenvalue weighted by Gasteiger charge is 2.20. The molecule has 10 aromatic rings. The third-order valence-corrected chi connectivity index (χ3v) is 13.0. The van der Waals surface area contributed by atoms with Crippen molar-refractivity contribution in [1.29, 1.82) is 0 Å². The number of nitrogens with zero attached hydrogens (tertiary/aromatic N) is 2. The number of anilines is 2. The highest BCUT2D eigenvalue weighted by atomic mass is 15.1. The van der Waals surface area contributed by atoms with E-state index in [1.54, 1.807) is 0 Å². The second-order valence-electron chi connectivity index (χ2n) is 17.4. The molecular formula is C68H54N2. The van der Waals surface area contributed by atoms with Gasteiger partial charge in [0, 0.05) is 39.1 Å². The molecule has 0 fully saturated rings. The standard InChI is InChI=1S/C68H54N2/c1-5-7-12-21-49(3)60-47-64(58-28-19-11-20-29-58)68-66(48-60)65-46-59(54-26-17-10-18-27-54)38-45-67(65)70(68)63-43-36-57(37-44-63)56-34-41-62(42-35-56)69(50(4)30-31-51(6-2)52-22-13-8-14-23-52)61-39-32-55(33-40-61)53-24-15-9-16-25-53/h5-48H,3-4H2,1-2H3/b7-5-,21-12-,31-30-,51-6+. The number of fused-ring (bicyclic) bond motifs is 3. The second-order valence-corrected chi connectivity index (χ2v) is 17.4. The summed E-state index contributed by atoms with van der Waals surface area (Å²) < 4.78 is 2.44. The molecule has 9 aromatic carbocycles. The molecule has 2 nitrogen and oxygen atoms in total. The molecule has 0 aliphatic rings. The van der Waals surface area contributed by atoms with Gasteiger partial charge in [-0.25, -0.2) is 0 Å². The largest absolute Gasteiger partial charge is 0.311 e. The Morgan fingerprint density at radius 1 is 0.429 bits per heavy atom. The summed E-state index contributed by atoms with van der Waals surface area (Å²) in [6, 6.07) is 80.4. The quantitative estimate of drug-likeness (QED) is 0.0988. The molecule has 0 saturated carbocycles. The van der Waals surface area contributed by atoms with E-state index in [2.05, 4.69) is 278 Å². The van der Waals surface area contributed by atoms with Crippen LogP contribution in [-0.2, 0) is 0 Å². The van der Waals surface area contributed by atoms with Gasteiger partial charge in [0.2, 0.25) is 0 Å². The normalized spacial score (nSPS) is 11.9. The first-order valence-electron chi connectivity index (χ1n) is 23.9. The van der Waals surface area contributed by atoms with Crippen molar-refractivity contribution < 1.29 is 0 Å². The summed E-state index contributed by atoms with van der Waals surface area (Å²) in [6.07, 6.45) is 14.6. The van der Waals surface area contributed by atoms with E-state index in [1.165, 1.54) is 38.6 Å². The maximum absolute atomic E-state index is 4.62. The van der Waals surface area contributed by atoms with Crippen LogP contribution in [0.2, 0.25) is 0 Å². The number of hydrogen-bond donors (Lipinski definition) is 0. The molecule has 1 heterocycles. The fourth-order valence-corrected chi connectivity index (χ4v) is 9.40. The van der Waals surface area contributed by atoms with Crippen molar-refractivity contribution in [1.82, 2.24) is 4.57 Å². The molecule has 336 valence electrons. The van der Waals surface area contributed by atoms with Gasteiger partial charge in [0.25, 0.3) is 0 Å². The molecule has 0 atom stereocenters. The topological polar surface area (TPSA) is 8.17 Å². The Morgan fingerprint density at radius 3 is 1.49 bits per heavy atom. The molecule has 1 aromatic heterocycles. The molecule has 0 saturated heterocycles. The Bertz CT molecular complexity index is 3570. The molecule has 0 aliphatic heterocycles. The van der Waals surface area contributed by atoms with Crippen LogP contribution in [-0.4, -0.2) is 4.57 Å². The van der Waals surface area contributed by atoms with Crippen LogP contribution in [0.5, 0.6) is 0 Å². The highest BCUT2D eigenvalue weighted by Crippen LogP contribution is 2.42. The van der Waals surface area contributed by atoms with Gasteiger partial charge in [-0.3, -0.25) is 0 Å². The van der Waals surface area contributed by atoms with Gasteiger partial charge in [0.15, 0.2) is 0 Å². The summed E-state index contributed by atoms with van der Waals surface area (Å²) in [5.41, 5.74) is 20.0. The summed E-state index contributed by atoms with van der Waals surface area (Å²) in [7, 11) is 0. The Balaban J connectivity index is 1.04. The molecule has 0 spiro atoms. The third kappa shape index (κ3) is 9.32. The van der Waals surface area contributed by atoms with Crippen LogP contribution in [0.25, 0.3) is 83.1 Å². The number of benzene rings is 9. The van der Waals surface area contributed by atoms with E-state index in [1.807, 2.05) is 25.1 Å². The van der Waals surface area contributed by atoms with E-state index in [9.17, 15) is 0 Å². The Kier molecular flexibility index (Phi) is 13.1. The first-order chi connectivity index (χ1) is 34.5. The second kappa shape index (κ2) is 20.5. The van der Waals surface area contributed by atoms with Crippen LogP contribution >= 0.6 is 0 Å². The van der Waals surface area contributed by atoms with E-state index >= 15 is 0 Å². The van der Waals surface area contributed by atoms with Crippen molar-refractivity contribution in [2.24, 2.45) is 0 Å². The first kappa shape index (κ1) is 44.8. The molecule has 2 heteroatoms. The minimum atomic E-state index is 0.860. The van der Waals surface area contributed by atoms with Crippen molar-refractivity contribution >= 4 is 44.3 Å². The van der Waals surface area contributed by atoms with E-state index in [-0.39, 0.29) is 0 Å². The smallest absolute Gasteiger partial charge is 0.0619 e. The maximum Gasteiger partial charge on any atom is 0.0619 e. The van der Waals surface area contributed by atoms with Crippen LogP contribution in [0, 0.1) is 0 Å². The van der Waals surface area contributed by atoms with E-state index in [0.717, 1.165) is 72.8 Å². The predicted octanol–water partition coefficient (Wildman–Crippen LogP) is 18.9. The van der Waals surface area contributed by atoms with E-state index in [4.69, 9.17) is 0 Å². The fourth-order valence-electron chi connectivity index (χ4n) is 9.40. The zero-order chi connectivity index (χ0) is 47.8. The van der Waals surface area contributed by atoms with Gasteiger partial charge in [-0.05, 0) is 142 Å². The van der Waals surface area contributed by atoms with Gasteiger partial charge in [-0.15, -0.1) is 0 Å². The third-order valence-electron chi connectivity index (χ3n) is 13.0. The molecule has 0 bridgehead atoms. The zero-order valence-electron chi connectivity index (χ0n) is 39.7. The number of aromatic nitrogens is 1.